The number of aryl methyl sites for hydroxylation is 2. The van der Waals surface area contributed by atoms with Gasteiger partial charge in [0.1, 0.15) is 17.2 Å². The first kappa shape index (κ1) is 24.3. The number of hydrogen-bond donors (Lipinski definition) is 2. The number of methoxy groups -OCH3 is 3. The van der Waals surface area contributed by atoms with Crippen molar-refractivity contribution in [1.29, 1.82) is 0 Å². The van der Waals surface area contributed by atoms with Crippen molar-refractivity contribution in [2.75, 3.05) is 34.9 Å². The van der Waals surface area contributed by atoms with Gasteiger partial charge in [-0.1, -0.05) is 0 Å². The minimum atomic E-state index is 0. The number of benzene rings is 1. The van der Waals surface area contributed by atoms with E-state index in [1.165, 1.54) is 4.88 Å². The summed E-state index contributed by atoms with van der Waals surface area (Å²) in [4.78, 5) is 10.1. The fourth-order valence-electron chi connectivity index (χ4n) is 2.58. The van der Waals surface area contributed by atoms with Crippen LogP contribution < -0.4 is 24.8 Å². The molecule has 1 heterocycles. The third kappa shape index (κ3) is 6.40. The van der Waals surface area contributed by atoms with E-state index in [0.717, 1.165) is 29.2 Å². The summed E-state index contributed by atoms with van der Waals surface area (Å²) in [6.45, 7) is 5.40. The monoisotopic (exact) mass is 520 g/mol. The Hall–Kier alpha value is -1.75. The molecule has 28 heavy (non-hydrogen) atoms. The van der Waals surface area contributed by atoms with Gasteiger partial charge in [0, 0.05) is 37.0 Å². The van der Waals surface area contributed by atoms with Crippen LogP contribution in [0.5, 0.6) is 17.2 Å². The van der Waals surface area contributed by atoms with Crippen LogP contribution in [0, 0.1) is 13.8 Å². The first-order chi connectivity index (χ1) is 13.0. The third-order valence-electron chi connectivity index (χ3n) is 4.18. The molecule has 9 heteroatoms. The van der Waals surface area contributed by atoms with Crippen LogP contribution >= 0.6 is 35.3 Å². The number of guanidine groups is 1. The molecule has 0 radical (unpaired) electrons. The molecule has 2 aromatic rings. The quantitative estimate of drug-likeness (QED) is 0.316. The van der Waals surface area contributed by atoms with Crippen molar-refractivity contribution in [3.05, 3.63) is 33.3 Å². The fourth-order valence-corrected chi connectivity index (χ4v) is 3.51. The Morgan fingerprint density at radius 1 is 1.07 bits per heavy atom. The van der Waals surface area contributed by atoms with E-state index < -0.39 is 0 Å². The Labute approximate surface area is 187 Å². The number of thiazole rings is 1. The minimum absolute atomic E-state index is 0. The zero-order valence-electron chi connectivity index (χ0n) is 17.2. The van der Waals surface area contributed by atoms with Gasteiger partial charge in [-0.15, -0.1) is 35.3 Å². The van der Waals surface area contributed by atoms with Gasteiger partial charge in [0.25, 0.3) is 0 Å². The SMILES string of the molecule is CN=C(NCCc1nc(C)c(C)s1)NCc1c(OC)cc(OC)cc1OC.I. The Kier molecular flexibility index (Phi) is 10.4. The molecule has 0 aliphatic heterocycles. The third-order valence-corrected chi connectivity index (χ3v) is 5.31. The Morgan fingerprint density at radius 3 is 2.18 bits per heavy atom. The zero-order chi connectivity index (χ0) is 19.8. The Bertz CT molecular complexity index is 751. The van der Waals surface area contributed by atoms with E-state index in [0.29, 0.717) is 29.8 Å². The molecule has 0 amide bonds. The van der Waals surface area contributed by atoms with Crippen LogP contribution in [0.2, 0.25) is 0 Å². The molecule has 0 spiro atoms. The molecule has 156 valence electrons. The second kappa shape index (κ2) is 11.9. The zero-order valence-corrected chi connectivity index (χ0v) is 20.4. The highest BCUT2D eigenvalue weighted by Crippen LogP contribution is 2.33. The van der Waals surface area contributed by atoms with Crippen LogP contribution in [0.25, 0.3) is 0 Å². The summed E-state index contributed by atoms with van der Waals surface area (Å²) in [7, 11) is 6.62. The molecule has 1 aromatic heterocycles. The highest BCUT2D eigenvalue weighted by molar-refractivity contribution is 14.0. The lowest BCUT2D eigenvalue weighted by atomic mass is 10.1. The number of aromatic nitrogens is 1. The van der Waals surface area contributed by atoms with Crippen LogP contribution in [0.15, 0.2) is 17.1 Å². The molecule has 2 rings (SSSR count). The maximum absolute atomic E-state index is 5.48. The number of halogens is 1. The van der Waals surface area contributed by atoms with E-state index in [1.807, 2.05) is 19.1 Å². The highest BCUT2D eigenvalue weighted by atomic mass is 127. The Morgan fingerprint density at radius 2 is 1.71 bits per heavy atom. The predicted octanol–water partition coefficient (Wildman–Crippen LogP) is 3.31. The van der Waals surface area contributed by atoms with Gasteiger partial charge in [-0.25, -0.2) is 4.98 Å². The van der Waals surface area contributed by atoms with Gasteiger partial charge >= 0.3 is 0 Å². The number of rotatable bonds is 8. The summed E-state index contributed by atoms with van der Waals surface area (Å²) < 4.78 is 16.2. The molecule has 7 nitrogen and oxygen atoms in total. The molecule has 0 unspecified atom stereocenters. The lowest BCUT2D eigenvalue weighted by molar-refractivity contribution is 0.368. The van der Waals surface area contributed by atoms with Gasteiger partial charge in [0.05, 0.1) is 44.1 Å². The van der Waals surface area contributed by atoms with Crippen LogP contribution in [0.3, 0.4) is 0 Å². The highest BCUT2D eigenvalue weighted by Gasteiger charge is 2.14. The smallest absolute Gasteiger partial charge is 0.191 e. The molecular formula is C19H29IN4O3S. The van der Waals surface area contributed by atoms with Gasteiger partial charge in [0.15, 0.2) is 5.96 Å². The van der Waals surface area contributed by atoms with Gasteiger partial charge in [-0.05, 0) is 13.8 Å². The lowest BCUT2D eigenvalue weighted by Gasteiger charge is -2.17. The molecule has 2 N–H and O–H groups in total. The molecule has 0 saturated carbocycles. The fraction of sp³-hybridized carbons (Fsp3) is 0.474. The number of nitrogens with one attached hydrogen (secondary N) is 2. The maximum Gasteiger partial charge on any atom is 0.191 e. The van der Waals surface area contributed by atoms with Crippen LogP contribution in [0.4, 0.5) is 0 Å². The van der Waals surface area contributed by atoms with E-state index in [4.69, 9.17) is 14.2 Å². The number of ether oxygens (including phenoxy) is 3. The van der Waals surface area contributed by atoms with E-state index in [2.05, 4.69) is 27.5 Å². The van der Waals surface area contributed by atoms with Gasteiger partial charge in [-0.2, -0.15) is 0 Å². The summed E-state index contributed by atoms with van der Waals surface area (Å²) >= 11 is 1.74. The van der Waals surface area contributed by atoms with Crippen molar-refractivity contribution in [1.82, 2.24) is 15.6 Å². The summed E-state index contributed by atoms with van der Waals surface area (Å²) in [5, 5.41) is 7.74. The van der Waals surface area contributed by atoms with Crippen LogP contribution in [-0.4, -0.2) is 45.9 Å². The van der Waals surface area contributed by atoms with E-state index in [-0.39, 0.29) is 24.0 Å². The van der Waals surface area contributed by atoms with Crippen molar-refractivity contribution in [2.24, 2.45) is 4.99 Å². The van der Waals surface area contributed by atoms with Crippen molar-refractivity contribution >= 4 is 41.3 Å². The summed E-state index contributed by atoms with van der Waals surface area (Å²) in [5.41, 5.74) is 2.01. The molecule has 1 aromatic carbocycles. The van der Waals surface area contributed by atoms with Gasteiger partial charge in [0.2, 0.25) is 0 Å². The minimum Gasteiger partial charge on any atom is -0.496 e. The average molecular weight is 520 g/mol. The first-order valence-electron chi connectivity index (χ1n) is 8.68. The second-order valence-corrected chi connectivity index (χ2v) is 7.15. The van der Waals surface area contributed by atoms with Crippen molar-refractivity contribution < 1.29 is 14.2 Å². The summed E-state index contributed by atoms with van der Waals surface area (Å²) in [6.07, 6.45) is 0.856. The standard InChI is InChI=1S/C19H28N4O3S.HI/c1-12-13(2)27-18(23-12)7-8-21-19(20-3)22-11-15-16(25-5)9-14(24-4)10-17(15)26-6;/h9-10H,7-8,11H2,1-6H3,(H2,20,21,22);1H. The normalized spacial score (nSPS) is 10.9. The van der Waals surface area contributed by atoms with Crippen molar-refractivity contribution in [2.45, 2.75) is 26.8 Å². The summed E-state index contributed by atoms with van der Waals surface area (Å²) in [6, 6.07) is 3.67. The van der Waals surface area contributed by atoms with Crippen LogP contribution in [-0.2, 0) is 13.0 Å². The average Bonchev–Trinajstić information content (AvgIpc) is 3.01. The molecule has 0 aliphatic rings. The largest absolute Gasteiger partial charge is 0.496 e. The van der Waals surface area contributed by atoms with E-state index >= 15 is 0 Å². The van der Waals surface area contributed by atoms with E-state index in [9.17, 15) is 0 Å². The number of hydrogen-bond acceptors (Lipinski definition) is 6. The molecule has 0 bridgehead atoms. The molecule has 0 saturated heterocycles. The molecule has 0 aliphatic carbocycles. The molecule has 0 atom stereocenters. The number of nitrogens with zero attached hydrogens (tertiary/aromatic N) is 2. The first-order valence-corrected chi connectivity index (χ1v) is 9.50. The molecular weight excluding hydrogens is 491 g/mol. The Balaban J connectivity index is 0.00000392. The summed E-state index contributed by atoms with van der Waals surface area (Å²) in [5.74, 6) is 2.79. The molecule has 0 fully saturated rings. The van der Waals surface area contributed by atoms with Crippen molar-refractivity contribution in [3.63, 3.8) is 0 Å². The van der Waals surface area contributed by atoms with Crippen LogP contribution in [0.1, 0.15) is 21.1 Å². The lowest BCUT2D eigenvalue weighted by Crippen LogP contribution is -2.38. The second-order valence-electron chi connectivity index (χ2n) is 5.86. The topological polar surface area (TPSA) is 77.0 Å². The predicted molar refractivity (Wildman–Crippen MR) is 125 cm³/mol. The van der Waals surface area contributed by atoms with Crippen molar-refractivity contribution in [3.8, 4) is 17.2 Å². The van der Waals surface area contributed by atoms with Gasteiger partial charge in [-0.3, -0.25) is 4.99 Å². The number of aliphatic imine (C=N–C) groups is 1. The van der Waals surface area contributed by atoms with E-state index in [1.54, 1.807) is 39.7 Å². The maximum atomic E-state index is 5.48. The van der Waals surface area contributed by atoms with Gasteiger partial charge < -0.3 is 24.8 Å².